The molecule has 1 amide bonds. The van der Waals surface area contributed by atoms with Gasteiger partial charge in [-0.2, -0.15) is 13.2 Å². The number of rotatable bonds is 4. The molecule has 1 fully saturated rings. The van der Waals surface area contributed by atoms with Crippen LogP contribution in [0, 0.1) is 5.92 Å². The Morgan fingerprint density at radius 1 is 1.20 bits per heavy atom. The molecule has 138 valence electrons. The SMILES string of the molecule is NC(=O)C[C@H]1CNC[C@H]1OC(=O)c1ccccc1.O=C(O)C(F)(F)F. The average molecular weight is 362 g/mol. The summed E-state index contributed by atoms with van der Waals surface area (Å²) in [6.45, 7) is 1.21. The summed E-state index contributed by atoms with van der Waals surface area (Å²) in [5.41, 5.74) is 5.69. The van der Waals surface area contributed by atoms with Crippen molar-refractivity contribution in [3.63, 3.8) is 0 Å². The zero-order valence-electron chi connectivity index (χ0n) is 13.0. The van der Waals surface area contributed by atoms with Gasteiger partial charge in [0, 0.05) is 25.4 Å². The Morgan fingerprint density at radius 2 is 1.76 bits per heavy atom. The third-order valence-corrected chi connectivity index (χ3v) is 3.25. The lowest BCUT2D eigenvalue weighted by Crippen LogP contribution is -2.29. The number of ether oxygens (including phenoxy) is 1. The minimum Gasteiger partial charge on any atom is -0.475 e. The maximum Gasteiger partial charge on any atom is 0.490 e. The van der Waals surface area contributed by atoms with E-state index in [1.54, 1.807) is 24.3 Å². The van der Waals surface area contributed by atoms with Crippen LogP contribution in [0.25, 0.3) is 0 Å². The molecule has 4 N–H and O–H groups in total. The van der Waals surface area contributed by atoms with Crippen LogP contribution in [0.1, 0.15) is 16.8 Å². The molecule has 1 saturated heterocycles. The fraction of sp³-hybridized carbons (Fsp3) is 0.400. The third-order valence-electron chi connectivity index (χ3n) is 3.25. The maximum absolute atomic E-state index is 11.9. The largest absolute Gasteiger partial charge is 0.490 e. The number of benzene rings is 1. The molecule has 0 aromatic heterocycles. The number of carbonyl (C=O) groups excluding carboxylic acids is 2. The van der Waals surface area contributed by atoms with Crippen LogP contribution in [0.5, 0.6) is 0 Å². The van der Waals surface area contributed by atoms with Crippen LogP contribution in [0.4, 0.5) is 13.2 Å². The van der Waals surface area contributed by atoms with Gasteiger partial charge in [-0.1, -0.05) is 18.2 Å². The number of hydrogen-bond donors (Lipinski definition) is 3. The van der Waals surface area contributed by atoms with Gasteiger partial charge in [-0.05, 0) is 12.1 Å². The van der Waals surface area contributed by atoms with Crippen molar-refractivity contribution in [2.24, 2.45) is 11.7 Å². The van der Waals surface area contributed by atoms with Crippen LogP contribution in [0.15, 0.2) is 30.3 Å². The molecule has 0 aliphatic carbocycles. The van der Waals surface area contributed by atoms with E-state index in [4.69, 9.17) is 20.4 Å². The summed E-state index contributed by atoms with van der Waals surface area (Å²) in [5.74, 6) is -3.52. The number of esters is 1. The second-order valence-corrected chi connectivity index (χ2v) is 5.20. The van der Waals surface area contributed by atoms with E-state index in [2.05, 4.69) is 5.32 Å². The number of primary amides is 1. The molecule has 1 aliphatic rings. The third kappa shape index (κ3) is 7.21. The van der Waals surface area contributed by atoms with Gasteiger partial charge < -0.3 is 20.9 Å². The summed E-state index contributed by atoms with van der Waals surface area (Å²) < 4.78 is 37.1. The highest BCUT2D eigenvalue weighted by Gasteiger charge is 2.38. The number of halogens is 3. The van der Waals surface area contributed by atoms with E-state index in [0.29, 0.717) is 18.7 Å². The zero-order chi connectivity index (χ0) is 19.0. The van der Waals surface area contributed by atoms with Crippen molar-refractivity contribution in [3.8, 4) is 0 Å². The van der Waals surface area contributed by atoms with E-state index in [1.165, 1.54) is 0 Å². The topological polar surface area (TPSA) is 119 Å². The van der Waals surface area contributed by atoms with Crippen LogP contribution in [0.3, 0.4) is 0 Å². The molecule has 0 spiro atoms. The first-order chi connectivity index (χ1) is 11.6. The number of nitrogens with two attached hydrogens (primary N) is 1. The minimum atomic E-state index is -5.08. The quantitative estimate of drug-likeness (QED) is 0.686. The molecule has 0 bridgehead atoms. The lowest BCUT2D eigenvalue weighted by molar-refractivity contribution is -0.192. The molecule has 2 rings (SSSR count). The Morgan fingerprint density at radius 3 is 2.24 bits per heavy atom. The highest BCUT2D eigenvalue weighted by atomic mass is 19.4. The summed E-state index contributed by atoms with van der Waals surface area (Å²) in [6, 6.07) is 8.81. The number of amides is 1. The Bertz CT molecular complexity index is 607. The Hall–Kier alpha value is -2.62. The van der Waals surface area contributed by atoms with Crippen molar-refractivity contribution in [2.75, 3.05) is 13.1 Å². The molecule has 0 saturated carbocycles. The van der Waals surface area contributed by atoms with Crippen LogP contribution in [0.2, 0.25) is 0 Å². The molecule has 0 radical (unpaired) electrons. The van der Waals surface area contributed by atoms with Gasteiger partial charge >= 0.3 is 18.1 Å². The predicted octanol–water partition coefficient (Wildman–Crippen LogP) is 0.940. The van der Waals surface area contributed by atoms with Gasteiger partial charge in [-0.25, -0.2) is 9.59 Å². The van der Waals surface area contributed by atoms with Crippen molar-refractivity contribution in [3.05, 3.63) is 35.9 Å². The molecule has 25 heavy (non-hydrogen) atoms. The zero-order valence-corrected chi connectivity index (χ0v) is 13.0. The van der Waals surface area contributed by atoms with E-state index >= 15 is 0 Å². The highest BCUT2D eigenvalue weighted by molar-refractivity contribution is 5.89. The number of aliphatic carboxylic acids is 1. The molecule has 1 aromatic rings. The van der Waals surface area contributed by atoms with E-state index in [-0.39, 0.29) is 30.3 Å². The first-order valence-electron chi connectivity index (χ1n) is 7.16. The van der Waals surface area contributed by atoms with Gasteiger partial charge in [0.15, 0.2) is 0 Å². The summed E-state index contributed by atoms with van der Waals surface area (Å²) >= 11 is 0. The molecule has 1 aliphatic heterocycles. The fourth-order valence-corrected chi connectivity index (χ4v) is 2.09. The van der Waals surface area contributed by atoms with Crippen molar-refractivity contribution in [2.45, 2.75) is 18.7 Å². The van der Waals surface area contributed by atoms with Crippen molar-refractivity contribution in [1.82, 2.24) is 5.32 Å². The fourth-order valence-electron chi connectivity index (χ4n) is 2.09. The number of hydrogen-bond acceptors (Lipinski definition) is 5. The second-order valence-electron chi connectivity index (χ2n) is 5.20. The molecular formula is C15H17F3N2O5. The smallest absolute Gasteiger partial charge is 0.475 e. The highest BCUT2D eigenvalue weighted by Crippen LogP contribution is 2.18. The van der Waals surface area contributed by atoms with Crippen LogP contribution < -0.4 is 11.1 Å². The maximum atomic E-state index is 11.9. The molecule has 7 nitrogen and oxygen atoms in total. The van der Waals surface area contributed by atoms with Crippen molar-refractivity contribution < 1.29 is 37.4 Å². The van der Waals surface area contributed by atoms with Crippen LogP contribution >= 0.6 is 0 Å². The monoisotopic (exact) mass is 362 g/mol. The van der Waals surface area contributed by atoms with E-state index < -0.39 is 12.1 Å². The Balaban J connectivity index is 0.000000381. The first-order valence-corrected chi connectivity index (χ1v) is 7.16. The number of alkyl halides is 3. The molecule has 0 unspecified atom stereocenters. The predicted molar refractivity (Wildman–Crippen MR) is 79.5 cm³/mol. The van der Waals surface area contributed by atoms with Gasteiger partial charge in [0.25, 0.3) is 0 Å². The molecule has 1 aromatic carbocycles. The summed E-state index contributed by atoms with van der Waals surface area (Å²) in [7, 11) is 0. The summed E-state index contributed by atoms with van der Waals surface area (Å²) in [4.78, 5) is 31.7. The van der Waals surface area contributed by atoms with Crippen molar-refractivity contribution >= 4 is 17.8 Å². The average Bonchev–Trinajstić information content (AvgIpc) is 2.94. The molecule has 10 heteroatoms. The summed E-state index contributed by atoms with van der Waals surface area (Å²) in [6.07, 6.45) is -5.13. The Labute approximate surface area is 140 Å². The first kappa shape index (κ1) is 20.4. The van der Waals surface area contributed by atoms with E-state index in [9.17, 15) is 22.8 Å². The lowest BCUT2D eigenvalue weighted by atomic mass is 10.0. The Kier molecular flexibility index (Phi) is 7.37. The normalized spacial score (nSPS) is 19.5. The van der Waals surface area contributed by atoms with E-state index in [1.807, 2.05) is 6.07 Å². The van der Waals surface area contributed by atoms with Gasteiger partial charge in [0.1, 0.15) is 6.10 Å². The van der Waals surface area contributed by atoms with Crippen LogP contribution in [-0.4, -0.2) is 48.3 Å². The number of carboxylic acid groups (broad SMARTS) is 1. The molecular weight excluding hydrogens is 345 g/mol. The van der Waals surface area contributed by atoms with Gasteiger partial charge in [-0.15, -0.1) is 0 Å². The second kappa shape index (κ2) is 9.02. The van der Waals surface area contributed by atoms with Crippen molar-refractivity contribution in [1.29, 1.82) is 0 Å². The van der Waals surface area contributed by atoms with E-state index in [0.717, 1.165) is 0 Å². The number of carboxylic acids is 1. The molecule has 2 atom stereocenters. The minimum absolute atomic E-state index is 0.0323. The van der Waals surface area contributed by atoms with Gasteiger partial charge in [0.05, 0.1) is 5.56 Å². The summed E-state index contributed by atoms with van der Waals surface area (Å²) in [5, 5.41) is 10.2. The molecule has 1 heterocycles. The number of nitrogens with one attached hydrogen (secondary N) is 1. The number of carbonyl (C=O) groups is 3. The standard InChI is InChI=1S/C13H16N2O3.C2HF3O2/c14-12(16)6-10-7-15-8-11(10)18-13(17)9-4-2-1-3-5-9;3-2(4,5)1(6)7/h1-5,10-11,15H,6-8H2,(H2,14,16);(H,6,7)/t10-,11+;/m0./s1. The van der Waals surface area contributed by atoms with Gasteiger partial charge in [0.2, 0.25) is 5.91 Å². The van der Waals surface area contributed by atoms with Crippen LogP contribution in [-0.2, 0) is 14.3 Å². The lowest BCUT2D eigenvalue weighted by Gasteiger charge is -2.17. The van der Waals surface area contributed by atoms with Gasteiger partial charge in [-0.3, -0.25) is 4.79 Å².